The van der Waals surface area contributed by atoms with Crippen LogP contribution in [0.4, 0.5) is 11.9 Å². The number of rotatable bonds is 6. The summed E-state index contributed by atoms with van der Waals surface area (Å²) in [6.45, 7) is 3.11. The first-order valence-corrected chi connectivity index (χ1v) is 7.19. The largest absolute Gasteiger partial charge is 0.353 e. The van der Waals surface area contributed by atoms with Crippen LogP contribution >= 0.6 is 0 Å². The van der Waals surface area contributed by atoms with E-state index in [0.717, 1.165) is 6.54 Å². The van der Waals surface area contributed by atoms with Crippen molar-refractivity contribution in [3.8, 4) is 5.95 Å². The van der Waals surface area contributed by atoms with Gasteiger partial charge in [0.15, 0.2) is 0 Å². The van der Waals surface area contributed by atoms with E-state index in [-0.39, 0.29) is 0 Å². The highest BCUT2D eigenvalue weighted by Gasteiger charge is 2.34. The monoisotopic (exact) mass is 288 g/mol. The predicted octanol–water partition coefficient (Wildman–Crippen LogP) is 1.34. The van der Waals surface area contributed by atoms with Crippen molar-refractivity contribution >= 4 is 11.9 Å². The summed E-state index contributed by atoms with van der Waals surface area (Å²) in [5.41, 5.74) is 2.86. The summed E-state index contributed by atoms with van der Waals surface area (Å²) >= 11 is 0. The third-order valence-corrected chi connectivity index (χ3v) is 4.27. The smallest absolute Gasteiger partial charge is 0.243 e. The van der Waals surface area contributed by atoms with E-state index >= 15 is 0 Å². The minimum absolute atomic E-state index is 0.329. The van der Waals surface area contributed by atoms with Crippen LogP contribution in [-0.2, 0) is 0 Å². The Balaban J connectivity index is 1.79. The van der Waals surface area contributed by atoms with Gasteiger partial charge in [-0.1, -0.05) is 13.3 Å². The Hall–Kier alpha value is -2.22. The quantitative estimate of drug-likeness (QED) is 0.544. The van der Waals surface area contributed by atoms with E-state index in [1.54, 1.807) is 23.3 Å². The molecule has 0 unspecified atom stereocenters. The number of hydrogen-bond acceptors (Lipinski definition) is 7. The van der Waals surface area contributed by atoms with Crippen LogP contribution in [0.2, 0.25) is 0 Å². The molecule has 0 aromatic carbocycles. The predicted molar refractivity (Wildman–Crippen MR) is 79.8 cm³/mol. The van der Waals surface area contributed by atoms with E-state index < -0.39 is 0 Å². The Bertz CT molecular complexity index is 585. The van der Waals surface area contributed by atoms with Crippen molar-refractivity contribution in [3.63, 3.8) is 0 Å². The molecule has 0 saturated heterocycles. The number of imidazole rings is 1. The summed E-state index contributed by atoms with van der Waals surface area (Å²) in [7, 11) is 0. The zero-order valence-corrected chi connectivity index (χ0v) is 12.1. The van der Waals surface area contributed by atoms with Gasteiger partial charge in [0.2, 0.25) is 17.8 Å². The highest BCUT2D eigenvalue weighted by molar-refractivity contribution is 5.37. The van der Waals surface area contributed by atoms with E-state index in [2.05, 4.69) is 37.6 Å². The van der Waals surface area contributed by atoms with E-state index in [4.69, 9.17) is 5.84 Å². The maximum atomic E-state index is 5.43. The second-order valence-electron chi connectivity index (χ2n) is 5.46. The molecule has 4 N–H and O–H groups in total. The van der Waals surface area contributed by atoms with Crippen LogP contribution < -0.4 is 16.6 Å². The SMILES string of the molecule is CCC1(CNc2nc(NN)nc(-n3ccnc3)n2)CCC1. The summed E-state index contributed by atoms with van der Waals surface area (Å²) < 4.78 is 1.71. The summed E-state index contributed by atoms with van der Waals surface area (Å²) in [4.78, 5) is 16.9. The van der Waals surface area contributed by atoms with E-state index in [1.807, 2.05) is 0 Å². The lowest BCUT2D eigenvalue weighted by molar-refractivity contribution is 0.144. The number of nitrogen functional groups attached to an aromatic ring is 1. The fourth-order valence-electron chi connectivity index (χ4n) is 2.60. The van der Waals surface area contributed by atoms with Gasteiger partial charge in [0.25, 0.3) is 0 Å². The number of nitrogens with zero attached hydrogens (tertiary/aromatic N) is 5. The van der Waals surface area contributed by atoms with Crippen molar-refractivity contribution in [2.24, 2.45) is 11.3 Å². The van der Waals surface area contributed by atoms with E-state index in [0.29, 0.717) is 23.3 Å². The number of anilines is 2. The van der Waals surface area contributed by atoms with E-state index in [1.165, 1.54) is 25.7 Å². The molecule has 8 heteroatoms. The van der Waals surface area contributed by atoms with Crippen molar-refractivity contribution in [3.05, 3.63) is 18.7 Å². The lowest BCUT2D eigenvalue weighted by atomic mass is 9.67. The molecular formula is C13H20N8. The van der Waals surface area contributed by atoms with Gasteiger partial charge in [0.05, 0.1) is 0 Å². The van der Waals surface area contributed by atoms with Crippen LogP contribution in [-0.4, -0.2) is 31.0 Å². The molecule has 1 saturated carbocycles. The van der Waals surface area contributed by atoms with Gasteiger partial charge in [-0.3, -0.25) is 9.99 Å². The van der Waals surface area contributed by atoms with Crippen LogP contribution in [0.25, 0.3) is 5.95 Å². The second kappa shape index (κ2) is 5.65. The number of aromatic nitrogens is 5. The third kappa shape index (κ3) is 2.80. The normalized spacial score (nSPS) is 16.3. The van der Waals surface area contributed by atoms with Crippen LogP contribution in [0.1, 0.15) is 32.6 Å². The molecule has 1 fully saturated rings. The van der Waals surface area contributed by atoms with Gasteiger partial charge >= 0.3 is 0 Å². The topological polar surface area (TPSA) is 107 Å². The lowest BCUT2D eigenvalue weighted by Crippen LogP contribution is -2.36. The van der Waals surface area contributed by atoms with Gasteiger partial charge in [0, 0.05) is 18.9 Å². The van der Waals surface area contributed by atoms with Gasteiger partial charge in [-0.2, -0.15) is 15.0 Å². The average molecular weight is 288 g/mol. The number of nitrogens with two attached hydrogens (primary N) is 1. The Morgan fingerprint density at radius 3 is 2.67 bits per heavy atom. The molecule has 0 spiro atoms. The molecule has 112 valence electrons. The molecular weight excluding hydrogens is 268 g/mol. The molecule has 1 aliphatic carbocycles. The van der Waals surface area contributed by atoms with Crippen molar-refractivity contribution in [2.45, 2.75) is 32.6 Å². The number of nitrogens with one attached hydrogen (secondary N) is 2. The molecule has 2 aromatic rings. The Morgan fingerprint density at radius 2 is 2.10 bits per heavy atom. The first kappa shape index (κ1) is 13.7. The molecule has 0 bridgehead atoms. The third-order valence-electron chi connectivity index (χ3n) is 4.27. The zero-order valence-electron chi connectivity index (χ0n) is 12.1. The zero-order chi connectivity index (χ0) is 14.7. The van der Waals surface area contributed by atoms with Gasteiger partial charge in [-0.05, 0) is 24.7 Å². The van der Waals surface area contributed by atoms with Crippen LogP contribution in [0.3, 0.4) is 0 Å². The molecule has 0 amide bonds. The minimum Gasteiger partial charge on any atom is -0.353 e. The number of hydrogen-bond donors (Lipinski definition) is 3. The van der Waals surface area contributed by atoms with Gasteiger partial charge in [-0.15, -0.1) is 0 Å². The molecule has 0 aliphatic heterocycles. The Labute approximate surface area is 123 Å². The molecule has 21 heavy (non-hydrogen) atoms. The maximum absolute atomic E-state index is 5.43. The van der Waals surface area contributed by atoms with Crippen molar-refractivity contribution in [1.29, 1.82) is 0 Å². The minimum atomic E-state index is 0.329. The molecule has 0 atom stereocenters. The number of hydrazine groups is 1. The maximum Gasteiger partial charge on any atom is 0.243 e. The van der Waals surface area contributed by atoms with Crippen molar-refractivity contribution in [1.82, 2.24) is 24.5 Å². The summed E-state index contributed by atoms with van der Waals surface area (Å²) in [5.74, 6) is 6.77. The fourth-order valence-corrected chi connectivity index (χ4v) is 2.60. The summed E-state index contributed by atoms with van der Waals surface area (Å²) in [6.07, 6.45) is 10.1. The van der Waals surface area contributed by atoms with Gasteiger partial charge in [-0.25, -0.2) is 10.8 Å². The first-order valence-electron chi connectivity index (χ1n) is 7.19. The summed E-state index contributed by atoms with van der Waals surface area (Å²) in [5, 5.41) is 3.32. The fraction of sp³-hybridized carbons (Fsp3) is 0.538. The van der Waals surface area contributed by atoms with Crippen LogP contribution in [0, 0.1) is 5.41 Å². The molecule has 3 rings (SSSR count). The first-order chi connectivity index (χ1) is 10.2. The molecule has 1 aliphatic rings. The van der Waals surface area contributed by atoms with Gasteiger partial charge < -0.3 is 5.32 Å². The van der Waals surface area contributed by atoms with Crippen LogP contribution in [0.15, 0.2) is 18.7 Å². The highest BCUT2D eigenvalue weighted by Crippen LogP contribution is 2.43. The summed E-state index contributed by atoms with van der Waals surface area (Å²) in [6, 6.07) is 0. The van der Waals surface area contributed by atoms with Crippen molar-refractivity contribution < 1.29 is 0 Å². The molecule has 2 aromatic heterocycles. The second-order valence-corrected chi connectivity index (χ2v) is 5.46. The van der Waals surface area contributed by atoms with Gasteiger partial charge in [0.1, 0.15) is 6.33 Å². The molecule has 0 radical (unpaired) electrons. The Kier molecular flexibility index (Phi) is 3.70. The molecule has 8 nitrogen and oxygen atoms in total. The lowest BCUT2D eigenvalue weighted by Gasteiger charge is -2.41. The van der Waals surface area contributed by atoms with Crippen LogP contribution in [0.5, 0.6) is 0 Å². The van der Waals surface area contributed by atoms with Crippen molar-refractivity contribution in [2.75, 3.05) is 17.3 Å². The standard InChI is InChI=1S/C13H20N8/c1-2-13(4-3-5-13)8-16-10-17-11(20-14)19-12(18-10)21-7-6-15-9-21/h6-7,9H,2-5,8,14H2,1H3,(H2,16,17,18,19,20). The van der Waals surface area contributed by atoms with E-state index in [9.17, 15) is 0 Å². The molecule has 2 heterocycles. The highest BCUT2D eigenvalue weighted by atomic mass is 15.4. The average Bonchev–Trinajstić information content (AvgIpc) is 3.00. The Morgan fingerprint density at radius 1 is 1.29 bits per heavy atom.